The fourth-order valence-electron chi connectivity index (χ4n) is 2.84. The first-order chi connectivity index (χ1) is 13.1. The third kappa shape index (κ3) is 6.63. The van der Waals surface area contributed by atoms with Crippen LogP contribution < -0.4 is 5.26 Å². The molecule has 0 aliphatic rings. The molecule has 3 aromatic rings. The molecule has 1 aromatic heterocycles. The van der Waals surface area contributed by atoms with Gasteiger partial charge in [0.15, 0.2) is 0 Å². The number of rotatable bonds is 2. The van der Waals surface area contributed by atoms with Crippen LogP contribution in [0.4, 0.5) is 0 Å². The van der Waals surface area contributed by atoms with E-state index in [1.807, 2.05) is 12.1 Å². The molecule has 0 fully saturated rings. The summed E-state index contributed by atoms with van der Waals surface area (Å²) in [5, 5.41) is 13.0. The van der Waals surface area contributed by atoms with E-state index in [2.05, 4.69) is 96.1 Å². The molecule has 0 radical (unpaired) electrons. The van der Waals surface area contributed by atoms with E-state index in [1.165, 1.54) is 11.1 Å². The monoisotopic (exact) mass is 571 g/mol. The van der Waals surface area contributed by atoms with E-state index < -0.39 is 0 Å². The number of aromatic nitrogens is 1. The molecular weight excluding hydrogens is 543 g/mol. The number of nitrogens with zero attached hydrogens (tertiary/aromatic N) is 1. The van der Waals surface area contributed by atoms with E-state index in [0.717, 1.165) is 22.5 Å². The summed E-state index contributed by atoms with van der Waals surface area (Å²) in [5.41, 5.74) is 6.75. The number of hydrogen-bond donors (Lipinski definition) is 1. The van der Waals surface area contributed by atoms with Gasteiger partial charge in [0, 0.05) is 0 Å². The Morgan fingerprint density at radius 3 is 1.34 bits per heavy atom. The van der Waals surface area contributed by atoms with E-state index in [0.29, 0.717) is 0 Å². The predicted octanol–water partition coefficient (Wildman–Crippen LogP) is 5.43. The summed E-state index contributed by atoms with van der Waals surface area (Å²) in [6.45, 7) is 13.3. The van der Waals surface area contributed by atoms with Gasteiger partial charge in [0.2, 0.25) is 0 Å². The maximum absolute atomic E-state index is 7.25. The molecule has 0 saturated heterocycles. The summed E-state index contributed by atoms with van der Waals surface area (Å²) in [7, 11) is 0. The van der Waals surface area contributed by atoms with Gasteiger partial charge in [-0.3, -0.25) is 0 Å². The van der Waals surface area contributed by atoms with Gasteiger partial charge >= 0.3 is 22.4 Å². The third-order valence-electron chi connectivity index (χ3n) is 4.66. The zero-order valence-electron chi connectivity index (χ0n) is 17.8. The molecule has 29 heavy (non-hydrogen) atoms. The molecule has 0 aliphatic carbocycles. The Bertz CT molecular complexity index is 817. The van der Waals surface area contributed by atoms with Gasteiger partial charge in [-0.1, -0.05) is 59.7 Å². The molecule has 0 saturated carbocycles. The molecule has 0 spiro atoms. The van der Waals surface area contributed by atoms with Gasteiger partial charge in [-0.05, 0) is 22.2 Å². The van der Waals surface area contributed by atoms with Crippen LogP contribution in [0.1, 0.15) is 52.7 Å². The second-order valence-corrected chi connectivity index (χ2v) is 8.89. The van der Waals surface area contributed by atoms with Crippen molar-refractivity contribution in [1.82, 2.24) is 4.98 Å². The van der Waals surface area contributed by atoms with Crippen molar-refractivity contribution in [3.05, 3.63) is 77.9 Å². The molecule has 0 atom stereocenters. The fourth-order valence-corrected chi connectivity index (χ4v) is 2.84. The van der Waals surface area contributed by atoms with Gasteiger partial charge in [-0.15, -0.1) is 70.8 Å². The Kier molecular flexibility index (Phi) is 9.01. The molecule has 0 aliphatic heterocycles. The Morgan fingerprint density at radius 2 is 1.07 bits per heavy atom. The third-order valence-corrected chi connectivity index (χ3v) is 4.66. The molecule has 1 heterocycles. The molecule has 4 heteroatoms. The number of hydrogen-bond acceptors (Lipinski definition) is 3. The summed E-state index contributed by atoms with van der Waals surface area (Å²) < 4.78 is 0. The van der Waals surface area contributed by atoms with Crippen molar-refractivity contribution in [2.45, 2.75) is 52.4 Å². The number of benzene rings is 2. The maximum Gasteiger partial charge on any atom is 3.00 e. The van der Waals surface area contributed by atoms with Crippen LogP contribution in [0.5, 0.6) is 0 Å². The van der Waals surface area contributed by atoms with E-state index in [4.69, 9.17) is 15.5 Å². The number of pyridine rings is 1. The van der Waals surface area contributed by atoms with Crippen molar-refractivity contribution in [3.8, 4) is 22.5 Å². The summed E-state index contributed by atoms with van der Waals surface area (Å²) in [6.07, 6.45) is 0. The molecule has 2 aromatic carbocycles. The van der Waals surface area contributed by atoms with Crippen LogP contribution in [-0.2, 0) is 33.2 Å². The summed E-state index contributed by atoms with van der Waals surface area (Å²) >= 11 is 0. The first kappa shape index (κ1) is 25.3. The quantitative estimate of drug-likeness (QED) is 0.193. The first-order valence-electron chi connectivity index (χ1n) is 9.35. The summed E-state index contributed by atoms with van der Waals surface area (Å²) in [6, 6.07) is 25.6. The summed E-state index contributed by atoms with van der Waals surface area (Å²) in [5.74, 6) is 0. The average Bonchev–Trinajstić information content (AvgIpc) is 2.68. The summed E-state index contributed by atoms with van der Waals surface area (Å²) in [4.78, 5) is 4.83. The van der Waals surface area contributed by atoms with Crippen LogP contribution in [0.25, 0.3) is 22.5 Å². The van der Waals surface area contributed by atoms with Crippen molar-refractivity contribution < 1.29 is 32.9 Å². The standard InChI is InChI=1S/C25H27N.Au.H2O2/c1-24(2,3)20-14-10-18(11-15-20)22-8-7-9-23(26-22)19-12-16-21(17-13-19)25(4,5)6;;1-2/h7-10,12,14-17H,1-6H3;;1-2H/q-2;+3;/p-1. The Balaban J connectivity index is 0.00000136. The van der Waals surface area contributed by atoms with Crippen molar-refractivity contribution >= 4 is 0 Å². The normalized spacial score (nSPS) is 11.2. The van der Waals surface area contributed by atoms with E-state index >= 15 is 0 Å². The Hall–Kier alpha value is -1.75. The zero-order chi connectivity index (χ0) is 20.9. The smallest absolute Gasteiger partial charge is 0.727 e. The fraction of sp³-hybridized carbons (Fsp3) is 0.320. The van der Waals surface area contributed by atoms with Crippen molar-refractivity contribution in [2.24, 2.45) is 0 Å². The molecule has 0 amide bonds. The van der Waals surface area contributed by atoms with Gasteiger partial charge in [-0.2, -0.15) is 0 Å². The second kappa shape index (κ2) is 10.3. The molecule has 3 nitrogen and oxygen atoms in total. The second-order valence-electron chi connectivity index (χ2n) is 8.89. The Labute approximate surface area is 190 Å². The van der Waals surface area contributed by atoms with Crippen LogP contribution in [0, 0.1) is 12.1 Å². The molecule has 0 bridgehead atoms. The van der Waals surface area contributed by atoms with Crippen molar-refractivity contribution in [1.29, 1.82) is 0 Å². The largest absolute Gasteiger partial charge is 3.00 e. The first-order valence-corrected chi connectivity index (χ1v) is 9.35. The minimum Gasteiger partial charge on any atom is -0.727 e. The SMILES string of the molecule is CC(C)(C)c1c[c-]c(-c2cccc(-c3[c-]cc(C(C)(C)C)cc3)n2)cc1.[Au+3].[O-]O. The van der Waals surface area contributed by atoms with Crippen LogP contribution >= 0.6 is 0 Å². The van der Waals surface area contributed by atoms with Crippen molar-refractivity contribution in [3.63, 3.8) is 0 Å². The average molecular weight is 571 g/mol. The van der Waals surface area contributed by atoms with E-state index in [-0.39, 0.29) is 33.2 Å². The maximum atomic E-state index is 7.25. The molecule has 3 rings (SSSR count). The van der Waals surface area contributed by atoms with Gasteiger partial charge in [0.25, 0.3) is 0 Å². The minimum atomic E-state index is 0. The topological polar surface area (TPSA) is 56.2 Å². The van der Waals surface area contributed by atoms with Gasteiger partial charge in [0.05, 0.1) is 0 Å². The van der Waals surface area contributed by atoms with E-state index in [9.17, 15) is 0 Å². The minimum absolute atomic E-state index is 0. The molecule has 156 valence electrons. The van der Waals surface area contributed by atoms with Crippen molar-refractivity contribution in [2.75, 3.05) is 0 Å². The Morgan fingerprint density at radius 1 is 0.690 bits per heavy atom. The van der Waals surface area contributed by atoms with Gasteiger partial charge in [0.1, 0.15) is 0 Å². The van der Waals surface area contributed by atoms with Crippen LogP contribution in [-0.4, -0.2) is 10.2 Å². The predicted molar refractivity (Wildman–Crippen MR) is 113 cm³/mol. The zero-order valence-corrected chi connectivity index (χ0v) is 20.0. The molecular formula is C25H28AuNO2. The van der Waals surface area contributed by atoms with Gasteiger partial charge in [-0.25, -0.2) is 0 Å². The molecule has 0 unspecified atom stereocenters. The van der Waals surface area contributed by atoms with Crippen LogP contribution in [0.3, 0.4) is 0 Å². The van der Waals surface area contributed by atoms with Gasteiger partial charge < -0.3 is 15.5 Å². The molecule has 1 N–H and O–H groups in total. The van der Waals surface area contributed by atoms with Crippen LogP contribution in [0.15, 0.2) is 54.6 Å². The van der Waals surface area contributed by atoms with E-state index in [1.54, 1.807) is 0 Å². The van der Waals surface area contributed by atoms with Crippen LogP contribution in [0.2, 0.25) is 0 Å².